The van der Waals surface area contributed by atoms with Crippen LogP contribution in [0, 0.1) is 0 Å². The highest BCUT2D eigenvalue weighted by molar-refractivity contribution is 6.42. The van der Waals surface area contributed by atoms with Gasteiger partial charge >= 0.3 is 0 Å². The van der Waals surface area contributed by atoms with E-state index in [9.17, 15) is 9.59 Å². The van der Waals surface area contributed by atoms with E-state index >= 15 is 0 Å². The molecule has 0 unspecified atom stereocenters. The Bertz CT molecular complexity index is 1530. The van der Waals surface area contributed by atoms with E-state index in [4.69, 9.17) is 9.47 Å². The minimum atomic E-state index is -0.649. The second-order valence-electron chi connectivity index (χ2n) is 9.81. The molecule has 0 fully saturated rings. The lowest BCUT2D eigenvalue weighted by molar-refractivity contribution is 0.0968. The SMILES string of the molecule is CC(C)=C[C@@H]1Oc2c(c3c(c4ccccc24)OC(C)(C)C=C3)C2=C1C(=O)c1ccccc1C2=O. The number of ketones is 2. The van der Waals surface area contributed by atoms with E-state index in [1.54, 1.807) is 24.3 Å². The second-order valence-corrected chi connectivity index (χ2v) is 9.81. The first kappa shape index (κ1) is 20.7. The fourth-order valence-electron chi connectivity index (χ4n) is 5.14. The number of hydrogen-bond donors (Lipinski definition) is 0. The predicted molar refractivity (Wildman–Crippen MR) is 134 cm³/mol. The topological polar surface area (TPSA) is 52.6 Å². The average Bonchev–Trinajstić information content (AvgIpc) is 2.81. The molecule has 0 spiro atoms. The van der Waals surface area contributed by atoms with Gasteiger partial charge in [-0.25, -0.2) is 0 Å². The minimum absolute atomic E-state index is 0.155. The lowest BCUT2D eigenvalue weighted by Crippen LogP contribution is -2.35. The van der Waals surface area contributed by atoms with Crippen LogP contribution in [0.2, 0.25) is 0 Å². The molecule has 0 saturated heterocycles. The summed E-state index contributed by atoms with van der Waals surface area (Å²) in [6, 6.07) is 14.9. The Morgan fingerprint density at radius 2 is 1.50 bits per heavy atom. The van der Waals surface area contributed by atoms with Crippen LogP contribution in [0.3, 0.4) is 0 Å². The van der Waals surface area contributed by atoms with Crippen molar-refractivity contribution in [2.24, 2.45) is 0 Å². The van der Waals surface area contributed by atoms with Crippen molar-refractivity contribution in [2.45, 2.75) is 39.4 Å². The van der Waals surface area contributed by atoms with Gasteiger partial charge in [0.1, 0.15) is 23.2 Å². The fraction of sp³-hybridized carbons (Fsp3) is 0.200. The van der Waals surface area contributed by atoms with Crippen molar-refractivity contribution in [1.29, 1.82) is 0 Å². The van der Waals surface area contributed by atoms with Gasteiger partial charge < -0.3 is 9.47 Å². The van der Waals surface area contributed by atoms with Crippen LogP contribution in [0.15, 0.2) is 71.8 Å². The largest absolute Gasteiger partial charge is 0.482 e. The van der Waals surface area contributed by atoms with Gasteiger partial charge in [0.2, 0.25) is 0 Å². The lowest BCUT2D eigenvalue weighted by atomic mass is 9.75. The Morgan fingerprint density at radius 3 is 2.18 bits per heavy atom. The number of rotatable bonds is 1. The molecule has 3 aromatic carbocycles. The van der Waals surface area contributed by atoms with Gasteiger partial charge in [0.25, 0.3) is 0 Å². The van der Waals surface area contributed by atoms with Gasteiger partial charge in [-0.05, 0) is 39.8 Å². The molecule has 4 nitrogen and oxygen atoms in total. The third-order valence-corrected chi connectivity index (χ3v) is 6.60. The molecule has 4 heteroatoms. The van der Waals surface area contributed by atoms with Crippen LogP contribution in [0.5, 0.6) is 11.5 Å². The molecule has 168 valence electrons. The Labute approximate surface area is 198 Å². The van der Waals surface area contributed by atoms with Gasteiger partial charge in [-0.3, -0.25) is 9.59 Å². The molecule has 34 heavy (non-hydrogen) atoms. The van der Waals surface area contributed by atoms with Gasteiger partial charge in [-0.15, -0.1) is 0 Å². The molecule has 0 saturated carbocycles. The summed E-state index contributed by atoms with van der Waals surface area (Å²) in [6.45, 7) is 7.92. The molecule has 0 aromatic heterocycles. The number of allylic oxidation sites excluding steroid dienone is 2. The number of fused-ring (bicyclic) bond motifs is 8. The maximum Gasteiger partial charge on any atom is 0.195 e. The van der Waals surface area contributed by atoms with Crippen molar-refractivity contribution < 1.29 is 19.1 Å². The molecule has 0 N–H and O–H groups in total. The van der Waals surface area contributed by atoms with Crippen molar-refractivity contribution in [3.05, 3.63) is 94.1 Å². The Morgan fingerprint density at radius 1 is 0.882 bits per heavy atom. The van der Waals surface area contributed by atoms with E-state index in [1.807, 2.05) is 70.2 Å². The zero-order valence-corrected chi connectivity index (χ0v) is 19.6. The van der Waals surface area contributed by atoms with E-state index in [0.717, 1.165) is 21.9 Å². The monoisotopic (exact) mass is 448 g/mol. The predicted octanol–water partition coefficient (Wildman–Crippen LogP) is 6.58. The van der Waals surface area contributed by atoms with E-state index in [2.05, 4.69) is 0 Å². The van der Waals surface area contributed by atoms with Crippen LogP contribution in [0.1, 0.15) is 59.5 Å². The third-order valence-electron chi connectivity index (χ3n) is 6.60. The summed E-state index contributed by atoms with van der Waals surface area (Å²) in [4.78, 5) is 27.8. The molecule has 3 aromatic rings. The number of benzene rings is 3. The van der Waals surface area contributed by atoms with Crippen molar-refractivity contribution >= 4 is 34.0 Å². The van der Waals surface area contributed by atoms with Crippen molar-refractivity contribution in [3.8, 4) is 11.5 Å². The van der Waals surface area contributed by atoms with E-state index in [0.29, 0.717) is 39.3 Å². The molecular weight excluding hydrogens is 424 g/mol. The van der Waals surface area contributed by atoms with E-state index < -0.39 is 11.7 Å². The number of ether oxygens (including phenoxy) is 2. The summed E-state index contributed by atoms with van der Waals surface area (Å²) in [5.41, 5.74) is 3.59. The average molecular weight is 449 g/mol. The van der Waals surface area contributed by atoms with Gasteiger partial charge in [-0.2, -0.15) is 0 Å². The van der Waals surface area contributed by atoms with Crippen molar-refractivity contribution in [3.63, 3.8) is 0 Å². The number of hydrogen-bond acceptors (Lipinski definition) is 4. The quantitative estimate of drug-likeness (QED) is 0.394. The van der Waals surface area contributed by atoms with Crippen molar-refractivity contribution in [1.82, 2.24) is 0 Å². The third kappa shape index (κ3) is 2.84. The molecule has 2 heterocycles. The second kappa shape index (κ2) is 7.04. The molecule has 2 aliphatic heterocycles. The molecule has 1 atom stereocenters. The van der Waals surface area contributed by atoms with Crippen LogP contribution in [0.25, 0.3) is 22.4 Å². The maximum absolute atomic E-state index is 14.0. The highest BCUT2D eigenvalue weighted by atomic mass is 16.5. The first-order valence-electron chi connectivity index (χ1n) is 11.5. The molecule has 3 aliphatic rings. The summed E-state index contributed by atoms with van der Waals surface area (Å²) in [6.07, 6.45) is 5.25. The van der Waals surface area contributed by atoms with Crippen LogP contribution in [0.4, 0.5) is 0 Å². The van der Waals surface area contributed by atoms with E-state index in [-0.39, 0.29) is 11.6 Å². The molecule has 6 rings (SSSR count). The Kier molecular flexibility index (Phi) is 4.28. The number of carbonyl (C=O) groups is 2. The molecule has 0 radical (unpaired) electrons. The normalized spacial score (nSPS) is 19.5. The van der Waals surface area contributed by atoms with Crippen LogP contribution < -0.4 is 9.47 Å². The Balaban J connectivity index is 1.76. The highest BCUT2D eigenvalue weighted by Crippen LogP contribution is 2.52. The van der Waals surface area contributed by atoms with Crippen LogP contribution in [-0.2, 0) is 0 Å². The summed E-state index contributed by atoms with van der Waals surface area (Å²) >= 11 is 0. The molecular formula is C30H24O4. The summed E-state index contributed by atoms with van der Waals surface area (Å²) in [7, 11) is 0. The molecule has 1 aliphatic carbocycles. The molecule has 0 amide bonds. The first-order chi connectivity index (χ1) is 16.3. The fourth-order valence-corrected chi connectivity index (χ4v) is 5.14. The smallest absolute Gasteiger partial charge is 0.195 e. The van der Waals surface area contributed by atoms with Gasteiger partial charge in [0, 0.05) is 38.6 Å². The Hall–Kier alpha value is -3.92. The van der Waals surface area contributed by atoms with Crippen LogP contribution >= 0.6 is 0 Å². The van der Waals surface area contributed by atoms with E-state index in [1.165, 1.54) is 0 Å². The number of Topliss-reactive ketones (excluding diaryl/α,β-unsaturated/α-hetero) is 2. The van der Waals surface area contributed by atoms with Gasteiger partial charge in [0.15, 0.2) is 11.6 Å². The zero-order valence-electron chi connectivity index (χ0n) is 19.6. The van der Waals surface area contributed by atoms with Crippen molar-refractivity contribution in [2.75, 3.05) is 0 Å². The number of carbonyl (C=O) groups excluding carboxylic acids is 2. The summed E-state index contributed by atoms with van der Waals surface area (Å²) in [5.74, 6) is 1.00. The van der Waals surface area contributed by atoms with Gasteiger partial charge in [-0.1, -0.05) is 60.2 Å². The first-order valence-corrected chi connectivity index (χ1v) is 11.5. The standard InChI is InChI=1S/C30H24O4/c1-16(2)15-22-24-25(27(32)18-10-6-5-9-17(18)26(24)31)23-21-13-14-30(3,4)34-28(21)19-11-7-8-12-20(19)29(23)33-22/h5-15,22H,1-4H3/t22-/m0/s1. The maximum atomic E-state index is 14.0. The molecule has 0 bridgehead atoms. The summed E-state index contributed by atoms with van der Waals surface area (Å²) in [5, 5.41) is 1.78. The lowest BCUT2D eigenvalue weighted by Gasteiger charge is -2.36. The highest BCUT2D eigenvalue weighted by Gasteiger charge is 2.43. The minimum Gasteiger partial charge on any atom is -0.482 e. The van der Waals surface area contributed by atoms with Gasteiger partial charge in [0.05, 0.1) is 5.57 Å². The summed E-state index contributed by atoms with van der Waals surface area (Å²) < 4.78 is 13.0. The van der Waals surface area contributed by atoms with Crippen LogP contribution in [-0.4, -0.2) is 23.3 Å². The zero-order chi connectivity index (χ0) is 23.8.